The molecule has 0 amide bonds. The lowest BCUT2D eigenvalue weighted by atomic mass is 10.2. The summed E-state index contributed by atoms with van der Waals surface area (Å²) in [5.41, 5.74) is 6.89. The lowest BCUT2D eigenvalue weighted by Crippen LogP contribution is -2.13. The second-order valence-electron chi connectivity index (χ2n) is 2.24. The van der Waals surface area contributed by atoms with Crippen molar-refractivity contribution in [3.8, 4) is 0 Å². The molecule has 66 valence electrons. The Morgan fingerprint density at radius 1 is 1.33 bits per heavy atom. The molecule has 0 aliphatic carbocycles. The van der Waals surface area contributed by atoms with Gasteiger partial charge >= 0.3 is 0 Å². The molecule has 0 aromatic carbocycles. The van der Waals surface area contributed by atoms with Gasteiger partial charge in [-0.1, -0.05) is 0 Å². The number of hydrogen-bond acceptors (Lipinski definition) is 4. The SMILES string of the molecule is Cc1c(F)c(N)nc(NN)c1F. The fourth-order valence-electron chi connectivity index (χ4n) is 0.780. The van der Waals surface area contributed by atoms with Crippen molar-refractivity contribution in [1.29, 1.82) is 0 Å². The molecule has 12 heavy (non-hydrogen) atoms. The molecule has 0 bridgehead atoms. The maximum atomic E-state index is 12.9. The molecule has 1 aromatic rings. The van der Waals surface area contributed by atoms with E-state index in [0.717, 1.165) is 0 Å². The molecule has 0 saturated carbocycles. The minimum absolute atomic E-state index is 0.199. The largest absolute Gasteiger partial charge is 0.381 e. The topological polar surface area (TPSA) is 77.0 Å². The molecule has 0 unspecified atom stereocenters. The Balaban J connectivity index is 3.39. The first-order valence-electron chi connectivity index (χ1n) is 3.15. The van der Waals surface area contributed by atoms with Gasteiger partial charge in [-0.05, 0) is 6.92 Å². The molecule has 0 atom stereocenters. The summed E-state index contributed by atoms with van der Waals surface area (Å²) in [6.07, 6.45) is 0. The van der Waals surface area contributed by atoms with Crippen molar-refractivity contribution < 1.29 is 8.78 Å². The Labute approximate surface area is 67.5 Å². The number of nitrogens with one attached hydrogen (secondary N) is 1. The number of pyridine rings is 1. The van der Waals surface area contributed by atoms with E-state index >= 15 is 0 Å². The monoisotopic (exact) mass is 174 g/mol. The van der Waals surface area contributed by atoms with E-state index in [4.69, 9.17) is 11.6 Å². The van der Waals surface area contributed by atoms with E-state index in [2.05, 4.69) is 4.98 Å². The van der Waals surface area contributed by atoms with Gasteiger partial charge in [0.2, 0.25) is 0 Å². The zero-order valence-electron chi connectivity index (χ0n) is 6.36. The van der Waals surface area contributed by atoms with Gasteiger partial charge in [0, 0.05) is 5.56 Å². The lowest BCUT2D eigenvalue weighted by molar-refractivity contribution is 0.565. The van der Waals surface area contributed by atoms with Gasteiger partial charge in [-0.2, -0.15) is 0 Å². The number of nitrogens with two attached hydrogens (primary N) is 2. The highest BCUT2D eigenvalue weighted by molar-refractivity contribution is 5.48. The minimum atomic E-state index is -0.855. The van der Waals surface area contributed by atoms with E-state index in [9.17, 15) is 8.78 Å². The van der Waals surface area contributed by atoms with E-state index < -0.39 is 11.6 Å². The fourth-order valence-corrected chi connectivity index (χ4v) is 0.780. The molecule has 5 N–H and O–H groups in total. The van der Waals surface area contributed by atoms with Crippen molar-refractivity contribution in [3.63, 3.8) is 0 Å². The molecule has 0 aliphatic rings. The number of nitrogens with zero attached hydrogens (tertiary/aromatic N) is 1. The summed E-state index contributed by atoms with van der Waals surface area (Å²) in [4.78, 5) is 3.34. The van der Waals surface area contributed by atoms with Crippen LogP contribution in [0.3, 0.4) is 0 Å². The van der Waals surface area contributed by atoms with E-state index in [0.29, 0.717) is 0 Å². The Hall–Kier alpha value is -1.43. The molecule has 1 aromatic heterocycles. The van der Waals surface area contributed by atoms with Gasteiger partial charge in [-0.3, -0.25) is 0 Å². The van der Waals surface area contributed by atoms with Crippen LogP contribution in [0.2, 0.25) is 0 Å². The van der Waals surface area contributed by atoms with Crippen LogP contribution in [0.15, 0.2) is 0 Å². The summed E-state index contributed by atoms with van der Waals surface area (Å²) in [5, 5.41) is 0. The smallest absolute Gasteiger partial charge is 0.179 e. The molecule has 0 aliphatic heterocycles. The van der Waals surface area contributed by atoms with Gasteiger partial charge < -0.3 is 11.2 Å². The first kappa shape index (κ1) is 8.66. The molecule has 0 radical (unpaired) electrons. The second-order valence-corrected chi connectivity index (χ2v) is 2.24. The third-order valence-electron chi connectivity index (χ3n) is 1.46. The number of anilines is 2. The first-order chi connectivity index (χ1) is 5.57. The third kappa shape index (κ3) is 1.16. The number of hydrazine groups is 1. The molecule has 1 rings (SSSR count). The quantitative estimate of drug-likeness (QED) is 0.429. The number of nitrogen functional groups attached to an aromatic ring is 2. The summed E-state index contributed by atoms with van der Waals surface area (Å²) in [6.45, 7) is 1.25. The maximum Gasteiger partial charge on any atom is 0.179 e. The molecule has 1 heterocycles. The summed E-state index contributed by atoms with van der Waals surface area (Å²) >= 11 is 0. The van der Waals surface area contributed by atoms with Crippen molar-refractivity contribution in [2.75, 3.05) is 11.2 Å². The van der Waals surface area contributed by atoms with Crippen molar-refractivity contribution in [3.05, 3.63) is 17.2 Å². The number of hydrogen-bond donors (Lipinski definition) is 3. The van der Waals surface area contributed by atoms with Crippen LogP contribution in [0.25, 0.3) is 0 Å². The average molecular weight is 174 g/mol. The predicted molar refractivity (Wildman–Crippen MR) is 41.1 cm³/mol. The van der Waals surface area contributed by atoms with Crippen LogP contribution in [-0.2, 0) is 0 Å². The van der Waals surface area contributed by atoms with Crippen LogP contribution in [0.4, 0.5) is 20.4 Å². The highest BCUT2D eigenvalue weighted by Crippen LogP contribution is 2.20. The van der Waals surface area contributed by atoms with Crippen LogP contribution >= 0.6 is 0 Å². The fraction of sp³-hybridized carbons (Fsp3) is 0.167. The highest BCUT2D eigenvalue weighted by Gasteiger charge is 2.13. The normalized spacial score (nSPS) is 10.0. The number of aromatic nitrogens is 1. The summed E-state index contributed by atoms with van der Waals surface area (Å²) in [7, 11) is 0. The van der Waals surface area contributed by atoms with Crippen LogP contribution in [0.1, 0.15) is 5.56 Å². The summed E-state index contributed by atoms with van der Waals surface area (Å²) < 4.78 is 25.8. The molecule has 4 nitrogen and oxygen atoms in total. The standard InChI is InChI=1S/C6H8F2N4/c1-2-3(7)5(9)11-6(12-10)4(2)8/h10H2,1H3,(H3,9,11,12). The van der Waals surface area contributed by atoms with E-state index in [1.165, 1.54) is 6.92 Å². The third-order valence-corrected chi connectivity index (χ3v) is 1.46. The molecule has 0 fully saturated rings. The second kappa shape index (κ2) is 2.90. The predicted octanol–water partition coefficient (Wildman–Crippen LogP) is 0.536. The zero-order chi connectivity index (χ0) is 9.30. The van der Waals surface area contributed by atoms with Gasteiger partial charge in [0.15, 0.2) is 23.3 Å². The van der Waals surface area contributed by atoms with Gasteiger partial charge in [-0.25, -0.2) is 19.6 Å². The Kier molecular flexibility index (Phi) is 2.09. The summed E-state index contributed by atoms with van der Waals surface area (Å²) in [5.74, 6) is 2.59. The zero-order valence-corrected chi connectivity index (χ0v) is 6.36. The van der Waals surface area contributed by atoms with Crippen molar-refractivity contribution in [1.82, 2.24) is 4.98 Å². The maximum absolute atomic E-state index is 12.9. The van der Waals surface area contributed by atoms with Gasteiger partial charge in [0.05, 0.1) is 0 Å². The summed E-state index contributed by atoms with van der Waals surface area (Å²) in [6, 6.07) is 0. The average Bonchev–Trinajstić information content (AvgIpc) is 2.08. The first-order valence-corrected chi connectivity index (χ1v) is 3.15. The van der Waals surface area contributed by atoms with Crippen LogP contribution in [0.5, 0.6) is 0 Å². The van der Waals surface area contributed by atoms with Crippen LogP contribution in [0, 0.1) is 18.6 Å². The van der Waals surface area contributed by atoms with E-state index in [1.807, 2.05) is 5.43 Å². The van der Waals surface area contributed by atoms with Crippen molar-refractivity contribution in [2.45, 2.75) is 6.92 Å². The van der Waals surface area contributed by atoms with Crippen LogP contribution in [-0.4, -0.2) is 4.98 Å². The molecule has 6 heteroatoms. The Bertz CT molecular complexity index is 313. The number of halogens is 2. The van der Waals surface area contributed by atoms with Crippen molar-refractivity contribution in [2.24, 2.45) is 5.84 Å². The Morgan fingerprint density at radius 2 is 1.92 bits per heavy atom. The van der Waals surface area contributed by atoms with Crippen LogP contribution < -0.4 is 17.0 Å². The van der Waals surface area contributed by atoms with E-state index in [-0.39, 0.29) is 17.2 Å². The highest BCUT2D eigenvalue weighted by atomic mass is 19.1. The molecular formula is C6H8F2N4. The molecule has 0 spiro atoms. The minimum Gasteiger partial charge on any atom is -0.381 e. The Morgan fingerprint density at radius 3 is 2.42 bits per heavy atom. The molecule has 0 saturated heterocycles. The van der Waals surface area contributed by atoms with Gasteiger partial charge in [0.25, 0.3) is 0 Å². The van der Waals surface area contributed by atoms with Crippen molar-refractivity contribution >= 4 is 11.6 Å². The number of rotatable bonds is 1. The van der Waals surface area contributed by atoms with E-state index in [1.54, 1.807) is 0 Å². The lowest BCUT2D eigenvalue weighted by Gasteiger charge is -2.06. The molecular weight excluding hydrogens is 166 g/mol. The van der Waals surface area contributed by atoms with Gasteiger partial charge in [0.1, 0.15) is 0 Å². The van der Waals surface area contributed by atoms with Gasteiger partial charge in [-0.15, -0.1) is 0 Å².